The number of benzene rings is 1. The zero-order valence-electron chi connectivity index (χ0n) is 12.3. The van der Waals surface area contributed by atoms with Crippen molar-refractivity contribution in [3.8, 4) is 11.6 Å². The van der Waals surface area contributed by atoms with Crippen LogP contribution in [0.15, 0.2) is 18.2 Å². The molecule has 1 N–H and O–H groups in total. The number of anilines is 1. The Labute approximate surface area is 122 Å². The lowest BCUT2D eigenvalue weighted by atomic mass is 10.1. The summed E-state index contributed by atoms with van der Waals surface area (Å²) in [5.74, 6) is 0.752. The first-order chi connectivity index (χ1) is 9.92. The van der Waals surface area contributed by atoms with Crippen LogP contribution in [0.1, 0.15) is 16.8 Å². The summed E-state index contributed by atoms with van der Waals surface area (Å²) in [6, 6.07) is 5.65. The van der Waals surface area contributed by atoms with Crippen molar-refractivity contribution in [2.75, 3.05) is 12.4 Å². The SMILES string of the molecule is CNc1nc(C)c([N+](=O)[O-])c(Oc2cc(C)ccc2C)n1. The number of aromatic nitrogens is 2. The minimum absolute atomic E-state index is 0.0643. The van der Waals surface area contributed by atoms with E-state index in [1.165, 1.54) is 0 Å². The molecule has 0 spiro atoms. The van der Waals surface area contributed by atoms with Crippen LogP contribution in [0.25, 0.3) is 0 Å². The van der Waals surface area contributed by atoms with E-state index in [2.05, 4.69) is 15.3 Å². The van der Waals surface area contributed by atoms with Gasteiger partial charge in [0.25, 0.3) is 0 Å². The molecule has 0 aliphatic heterocycles. The van der Waals surface area contributed by atoms with E-state index in [0.717, 1.165) is 11.1 Å². The standard InChI is InChI=1S/C14H16N4O3/c1-8-5-6-9(2)11(7-8)21-13-12(18(19)20)10(3)16-14(15-4)17-13/h5-7H,1-4H3,(H,15,16,17). The van der Waals surface area contributed by atoms with Crippen molar-refractivity contribution in [2.45, 2.75) is 20.8 Å². The van der Waals surface area contributed by atoms with Gasteiger partial charge in [-0.3, -0.25) is 10.1 Å². The first kappa shape index (κ1) is 14.7. The van der Waals surface area contributed by atoms with Crippen molar-refractivity contribution >= 4 is 11.6 Å². The second-order valence-corrected chi connectivity index (χ2v) is 4.66. The number of hydrogen-bond acceptors (Lipinski definition) is 6. The summed E-state index contributed by atoms with van der Waals surface area (Å²) < 4.78 is 5.67. The maximum atomic E-state index is 11.2. The third kappa shape index (κ3) is 3.07. The van der Waals surface area contributed by atoms with E-state index >= 15 is 0 Å². The zero-order valence-corrected chi connectivity index (χ0v) is 12.3. The van der Waals surface area contributed by atoms with E-state index in [9.17, 15) is 10.1 Å². The fourth-order valence-electron chi connectivity index (χ4n) is 1.86. The van der Waals surface area contributed by atoms with Crippen LogP contribution in [-0.2, 0) is 0 Å². The van der Waals surface area contributed by atoms with Crippen LogP contribution in [0.3, 0.4) is 0 Å². The van der Waals surface area contributed by atoms with Gasteiger partial charge in [-0.15, -0.1) is 0 Å². The number of aryl methyl sites for hydroxylation is 3. The predicted octanol–water partition coefficient (Wildman–Crippen LogP) is 3.14. The molecular weight excluding hydrogens is 272 g/mol. The Morgan fingerprint density at radius 1 is 1.24 bits per heavy atom. The van der Waals surface area contributed by atoms with Crippen LogP contribution in [-0.4, -0.2) is 21.9 Å². The molecule has 110 valence electrons. The summed E-state index contributed by atoms with van der Waals surface area (Å²) in [5, 5.41) is 14.0. The highest BCUT2D eigenvalue weighted by Crippen LogP contribution is 2.33. The highest BCUT2D eigenvalue weighted by atomic mass is 16.6. The summed E-state index contributed by atoms with van der Waals surface area (Å²) in [4.78, 5) is 18.7. The third-order valence-electron chi connectivity index (χ3n) is 2.98. The molecule has 0 saturated heterocycles. The molecule has 7 nitrogen and oxygen atoms in total. The molecule has 1 aromatic heterocycles. The Kier molecular flexibility index (Phi) is 4.02. The summed E-state index contributed by atoms with van der Waals surface area (Å²) in [5.41, 5.74) is 1.89. The Bertz CT molecular complexity index is 701. The third-order valence-corrected chi connectivity index (χ3v) is 2.98. The zero-order chi connectivity index (χ0) is 15.6. The van der Waals surface area contributed by atoms with Crippen molar-refractivity contribution < 1.29 is 9.66 Å². The number of ether oxygens (including phenoxy) is 1. The molecule has 2 aromatic rings. The Morgan fingerprint density at radius 3 is 2.57 bits per heavy atom. The Balaban J connectivity index is 2.54. The van der Waals surface area contributed by atoms with Gasteiger partial charge in [0.2, 0.25) is 5.95 Å². The average Bonchev–Trinajstić information content (AvgIpc) is 2.41. The number of nitrogens with one attached hydrogen (secondary N) is 1. The molecule has 1 aromatic carbocycles. The van der Waals surface area contributed by atoms with Crippen LogP contribution >= 0.6 is 0 Å². The lowest BCUT2D eigenvalue weighted by Gasteiger charge is -2.11. The fraction of sp³-hybridized carbons (Fsp3) is 0.286. The van der Waals surface area contributed by atoms with E-state index in [1.807, 2.05) is 32.0 Å². The van der Waals surface area contributed by atoms with Crippen molar-refractivity contribution in [1.82, 2.24) is 9.97 Å². The van der Waals surface area contributed by atoms with Crippen LogP contribution < -0.4 is 10.1 Å². The van der Waals surface area contributed by atoms with Crippen molar-refractivity contribution in [3.63, 3.8) is 0 Å². The molecule has 0 fully saturated rings. The number of rotatable bonds is 4. The van der Waals surface area contributed by atoms with Gasteiger partial charge < -0.3 is 10.1 Å². The van der Waals surface area contributed by atoms with Gasteiger partial charge in [-0.2, -0.15) is 4.98 Å². The molecule has 0 saturated carbocycles. The fourth-order valence-corrected chi connectivity index (χ4v) is 1.86. The molecule has 0 atom stereocenters. The minimum atomic E-state index is -0.533. The molecule has 2 rings (SSSR count). The van der Waals surface area contributed by atoms with Gasteiger partial charge in [-0.25, -0.2) is 4.98 Å². The summed E-state index contributed by atoms with van der Waals surface area (Å²) in [6.45, 7) is 5.34. The molecule has 0 radical (unpaired) electrons. The topological polar surface area (TPSA) is 90.2 Å². The number of nitrogens with zero attached hydrogens (tertiary/aromatic N) is 3. The Morgan fingerprint density at radius 2 is 1.95 bits per heavy atom. The van der Waals surface area contributed by atoms with Gasteiger partial charge >= 0.3 is 11.6 Å². The van der Waals surface area contributed by atoms with E-state index < -0.39 is 4.92 Å². The highest BCUT2D eigenvalue weighted by molar-refractivity contribution is 5.51. The molecule has 21 heavy (non-hydrogen) atoms. The van der Waals surface area contributed by atoms with Gasteiger partial charge in [0.05, 0.1) is 4.92 Å². The van der Waals surface area contributed by atoms with Gasteiger partial charge in [0.1, 0.15) is 11.4 Å². The molecule has 0 aliphatic rings. The monoisotopic (exact) mass is 288 g/mol. The lowest BCUT2D eigenvalue weighted by Crippen LogP contribution is -2.05. The highest BCUT2D eigenvalue weighted by Gasteiger charge is 2.24. The van der Waals surface area contributed by atoms with Gasteiger partial charge in [-0.05, 0) is 38.0 Å². The van der Waals surface area contributed by atoms with Crippen molar-refractivity contribution in [3.05, 3.63) is 45.1 Å². The normalized spacial score (nSPS) is 10.3. The second-order valence-electron chi connectivity index (χ2n) is 4.66. The first-order valence-corrected chi connectivity index (χ1v) is 6.38. The van der Waals surface area contributed by atoms with Gasteiger partial charge in [0.15, 0.2) is 0 Å². The Hall–Kier alpha value is -2.70. The van der Waals surface area contributed by atoms with E-state index in [-0.39, 0.29) is 23.2 Å². The molecule has 1 heterocycles. The molecule has 0 amide bonds. The van der Waals surface area contributed by atoms with E-state index in [1.54, 1.807) is 14.0 Å². The molecular formula is C14H16N4O3. The summed E-state index contributed by atoms with van der Waals surface area (Å²) in [7, 11) is 1.64. The average molecular weight is 288 g/mol. The maximum Gasteiger partial charge on any atom is 0.352 e. The lowest BCUT2D eigenvalue weighted by molar-refractivity contribution is -0.386. The smallest absolute Gasteiger partial charge is 0.352 e. The quantitative estimate of drug-likeness (QED) is 0.686. The molecule has 0 unspecified atom stereocenters. The van der Waals surface area contributed by atoms with Crippen LogP contribution in [0.4, 0.5) is 11.6 Å². The van der Waals surface area contributed by atoms with Crippen LogP contribution in [0.2, 0.25) is 0 Å². The molecule has 0 aliphatic carbocycles. The molecule has 0 bridgehead atoms. The van der Waals surface area contributed by atoms with Crippen molar-refractivity contribution in [2.24, 2.45) is 0 Å². The summed E-state index contributed by atoms with van der Waals surface area (Å²) >= 11 is 0. The van der Waals surface area contributed by atoms with E-state index in [0.29, 0.717) is 5.75 Å². The first-order valence-electron chi connectivity index (χ1n) is 6.38. The van der Waals surface area contributed by atoms with Crippen LogP contribution in [0.5, 0.6) is 11.6 Å². The number of hydrogen-bond donors (Lipinski definition) is 1. The van der Waals surface area contributed by atoms with Gasteiger partial charge in [0, 0.05) is 7.05 Å². The van der Waals surface area contributed by atoms with Crippen LogP contribution in [0, 0.1) is 30.9 Å². The summed E-state index contributed by atoms with van der Waals surface area (Å²) in [6.07, 6.45) is 0. The maximum absolute atomic E-state index is 11.2. The molecule has 7 heteroatoms. The largest absolute Gasteiger partial charge is 0.433 e. The van der Waals surface area contributed by atoms with E-state index in [4.69, 9.17) is 4.74 Å². The number of nitro groups is 1. The van der Waals surface area contributed by atoms with Gasteiger partial charge in [-0.1, -0.05) is 12.1 Å². The second kappa shape index (κ2) is 5.74. The van der Waals surface area contributed by atoms with Crippen molar-refractivity contribution in [1.29, 1.82) is 0 Å². The predicted molar refractivity (Wildman–Crippen MR) is 79.0 cm³/mol. The minimum Gasteiger partial charge on any atom is -0.433 e.